The number of benzene rings is 2. The van der Waals surface area contributed by atoms with Crippen molar-refractivity contribution in [3.63, 3.8) is 0 Å². The van der Waals surface area contributed by atoms with Crippen LogP contribution < -0.4 is 9.62 Å². The number of amides is 1. The lowest BCUT2D eigenvalue weighted by atomic mass is 10.0. The molecule has 0 aromatic heterocycles. The van der Waals surface area contributed by atoms with Gasteiger partial charge in [0.25, 0.3) is 0 Å². The first kappa shape index (κ1) is 19.4. The second-order valence-electron chi connectivity index (χ2n) is 6.78. The molecule has 0 aliphatic carbocycles. The van der Waals surface area contributed by atoms with Crippen molar-refractivity contribution in [3.8, 4) is 0 Å². The van der Waals surface area contributed by atoms with E-state index in [4.69, 9.17) is 0 Å². The summed E-state index contributed by atoms with van der Waals surface area (Å²) in [5.41, 5.74) is 2.86. The maximum Gasteiger partial charge on any atom is 0.232 e. The Hall–Kier alpha value is -2.41. The maximum absolute atomic E-state index is 13.6. The Morgan fingerprint density at radius 2 is 2.00 bits per heavy atom. The highest BCUT2D eigenvalue weighted by Crippen LogP contribution is 2.31. The van der Waals surface area contributed by atoms with E-state index in [-0.39, 0.29) is 11.7 Å². The normalized spacial score (nSPS) is 13.9. The van der Waals surface area contributed by atoms with Crippen LogP contribution in [0, 0.1) is 5.82 Å². The van der Waals surface area contributed by atoms with Crippen LogP contribution in [0.3, 0.4) is 0 Å². The molecule has 7 heteroatoms. The van der Waals surface area contributed by atoms with Crippen molar-refractivity contribution in [2.45, 2.75) is 32.1 Å². The summed E-state index contributed by atoms with van der Waals surface area (Å²) in [6, 6.07) is 11.9. The average Bonchev–Trinajstić information content (AvgIpc) is 2.62. The van der Waals surface area contributed by atoms with E-state index >= 15 is 0 Å². The molecule has 0 atom stereocenters. The largest absolute Gasteiger partial charge is 0.326 e. The molecule has 0 saturated carbocycles. The summed E-state index contributed by atoms with van der Waals surface area (Å²) in [4.78, 5) is 12.2. The van der Waals surface area contributed by atoms with Gasteiger partial charge in [0.2, 0.25) is 15.9 Å². The summed E-state index contributed by atoms with van der Waals surface area (Å²) in [5, 5.41) is 2.85. The summed E-state index contributed by atoms with van der Waals surface area (Å²) in [6.45, 7) is 0.480. The smallest absolute Gasteiger partial charge is 0.232 e. The number of aryl methyl sites for hydroxylation is 2. The lowest BCUT2D eigenvalue weighted by Crippen LogP contribution is -2.34. The van der Waals surface area contributed by atoms with E-state index in [1.54, 1.807) is 30.3 Å². The standard InChI is InChI=1S/C20H23FN2O3S/c1-27(25,26)23-13-5-8-16-14-17(11-12-19(16)23)22-20(24)10-4-7-15-6-2-3-9-18(15)21/h2-3,6,9,11-12,14H,4-5,7-8,10,13H2,1H3,(H,22,24). The van der Waals surface area contributed by atoms with Crippen molar-refractivity contribution < 1.29 is 17.6 Å². The van der Waals surface area contributed by atoms with Crippen LogP contribution in [0.1, 0.15) is 30.4 Å². The fourth-order valence-corrected chi connectivity index (χ4v) is 4.35. The quantitative estimate of drug-likeness (QED) is 0.821. The number of anilines is 2. The highest BCUT2D eigenvalue weighted by molar-refractivity contribution is 7.92. The highest BCUT2D eigenvalue weighted by Gasteiger charge is 2.24. The minimum atomic E-state index is -3.30. The van der Waals surface area contributed by atoms with Gasteiger partial charge < -0.3 is 5.32 Å². The third kappa shape index (κ3) is 4.86. The number of carbonyl (C=O) groups is 1. The van der Waals surface area contributed by atoms with Crippen LogP contribution in [0.2, 0.25) is 0 Å². The van der Waals surface area contributed by atoms with Gasteiger partial charge in [-0.25, -0.2) is 12.8 Å². The molecule has 0 bridgehead atoms. The van der Waals surface area contributed by atoms with E-state index in [0.29, 0.717) is 42.7 Å². The Bertz CT molecular complexity index is 944. The SMILES string of the molecule is CS(=O)(=O)N1CCCc2cc(NC(=O)CCCc3ccccc3F)ccc21. The second-order valence-corrected chi connectivity index (χ2v) is 8.68. The number of carbonyl (C=O) groups excluding carboxylic acids is 1. The topological polar surface area (TPSA) is 66.5 Å². The molecule has 3 rings (SSSR count). The number of sulfonamides is 1. The van der Waals surface area contributed by atoms with Gasteiger partial charge in [-0.1, -0.05) is 18.2 Å². The minimum absolute atomic E-state index is 0.137. The molecule has 0 radical (unpaired) electrons. The predicted molar refractivity (Wildman–Crippen MR) is 105 cm³/mol. The van der Waals surface area contributed by atoms with Crippen LogP contribution in [0.5, 0.6) is 0 Å². The number of halogens is 1. The first-order valence-corrected chi connectivity index (χ1v) is 10.8. The lowest BCUT2D eigenvalue weighted by Gasteiger charge is -2.29. The molecule has 0 unspecified atom stereocenters. The van der Waals surface area contributed by atoms with Crippen LogP contribution in [0.15, 0.2) is 42.5 Å². The van der Waals surface area contributed by atoms with Crippen molar-refractivity contribution in [1.82, 2.24) is 0 Å². The molecule has 0 saturated heterocycles. The second kappa shape index (κ2) is 8.08. The van der Waals surface area contributed by atoms with Crippen molar-refractivity contribution in [3.05, 3.63) is 59.4 Å². The monoisotopic (exact) mass is 390 g/mol. The average molecular weight is 390 g/mol. The molecule has 0 spiro atoms. The molecular formula is C20H23FN2O3S. The lowest BCUT2D eigenvalue weighted by molar-refractivity contribution is -0.116. The van der Waals surface area contributed by atoms with Crippen molar-refractivity contribution in [1.29, 1.82) is 0 Å². The highest BCUT2D eigenvalue weighted by atomic mass is 32.2. The summed E-state index contributed by atoms with van der Waals surface area (Å²) in [6.07, 6.45) is 4.08. The number of hydrogen-bond acceptors (Lipinski definition) is 3. The van der Waals surface area contributed by atoms with E-state index in [2.05, 4.69) is 5.32 Å². The van der Waals surface area contributed by atoms with Crippen LogP contribution in [0.4, 0.5) is 15.8 Å². The first-order chi connectivity index (χ1) is 12.8. The van der Waals surface area contributed by atoms with E-state index in [0.717, 1.165) is 18.4 Å². The zero-order valence-corrected chi connectivity index (χ0v) is 16.1. The summed E-state index contributed by atoms with van der Waals surface area (Å²) in [7, 11) is -3.30. The third-order valence-corrected chi connectivity index (χ3v) is 5.83. The van der Waals surface area contributed by atoms with Gasteiger partial charge in [0, 0.05) is 18.7 Å². The van der Waals surface area contributed by atoms with Crippen LogP contribution in [-0.4, -0.2) is 27.1 Å². The Morgan fingerprint density at radius 1 is 1.22 bits per heavy atom. The first-order valence-electron chi connectivity index (χ1n) is 8.98. The van der Waals surface area contributed by atoms with Gasteiger partial charge in [-0.2, -0.15) is 0 Å². The Morgan fingerprint density at radius 3 is 2.74 bits per heavy atom. The third-order valence-electron chi connectivity index (χ3n) is 4.65. The minimum Gasteiger partial charge on any atom is -0.326 e. The number of hydrogen-bond donors (Lipinski definition) is 1. The Labute approximate surface area is 159 Å². The predicted octanol–water partition coefficient (Wildman–Crippen LogP) is 3.50. The molecule has 0 fully saturated rings. The fraction of sp³-hybridized carbons (Fsp3) is 0.350. The molecule has 1 aliphatic rings. The molecule has 1 aliphatic heterocycles. The van der Waals surface area contributed by atoms with Crippen LogP contribution in [-0.2, 0) is 27.7 Å². The van der Waals surface area contributed by atoms with Crippen molar-refractivity contribution in [2.75, 3.05) is 22.4 Å². The van der Waals surface area contributed by atoms with Gasteiger partial charge in [0.1, 0.15) is 5.82 Å². The molecule has 5 nitrogen and oxygen atoms in total. The maximum atomic E-state index is 13.6. The number of fused-ring (bicyclic) bond motifs is 1. The van der Waals surface area contributed by atoms with E-state index in [1.165, 1.54) is 16.6 Å². The van der Waals surface area contributed by atoms with Crippen molar-refractivity contribution in [2.24, 2.45) is 0 Å². The van der Waals surface area contributed by atoms with Crippen molar-refractivity contribution >= 4 is 27.3 Å². The molecule has 27 heavy (non-hydrogen) atoms. The van der Waals surface area contributed by atoms with E-state index in [1.807, 2.05) is 6.07 Å². The molecular weight excluding hydrogens is 367 g/mol. The molecule has 1 amide bonds. The zero-order chi connectivity index (χ0) is 19.4. The summed E-state index contributed by atoms with van der Waals surface area (Å²) >= 11 is 0. The van der Waals surface area contributed by atoms with Gasteiger partial charge in [-0.15, -0.1) is 0 Å². The number of nitrogens with one attached hydrogen (secondary N) is 1. The van der Waals surface area contributed by atoms with Gasteiger partial charge in [-0.05, 0) is 61.1 Å². The van der Waals surface area contributed by atoms with Gasteiger partial charge in [0.15, 0.2) is 0 Å². The molecule has 1 N–H and O–H groups in total. The Balaban J connectivity index is 1.59. The molecule has 2 aromatic rings. The van der Waals surface area contributed by atoms with E-state index < -0.39 is 10.0 Å². The fourth-order valence-electron chi connectivity index (χ4n) is 3.35. The van der Waals surface area contributed by atoms with Crippen LogP contribution >= 0.6 is 0 Å². The number of nitrogens with zero attached hydrogens (tertiary/aromatic N) is 1. The number of rotatable bonds is 6. The Kier molecular flexibility index (Phi) is 5.79. The summed E-state index contributed by atoms with van der Waals surface area (Å²) in [5.74, 6) is -0.384. The summed E-state index contributed by atoms with van der Waals surface area (Å²) < 4.78 is 38.8. The van der Waals surface area contributed by atoms with E-state index in [9.17, 15) is 17.6 Å². The molecule has 144 valence electrons. The molecule has 1 heterocycles. The van der Waals surface area contributed by atoms with Gasteiger partial charge in [-0.3, -0.25) is 9.10 Å². The van der Waals surface area contributed by atoms with Crippen LogP contribution in [0.25, 0.3) is 0 Å². The van der Waals surface area contributed by atoms with Gasteiger partial charge in [0.05, 0.1) is 11.9 Å². The molecule has 2 aromatic carbocycles. The zero-order valence-electron chi connectivity index (χ0n) is 15.2. The van der Waals surface area contributed by atoms with Gasteiger partial charge >= 0.3 is 0 Å².